The van der Waals surface area contributed by atoms with E-state index in [1.54, 1.807) is 12.1 Å². The summed E-state index contributed by atoms with van der Waals surface area (Å²) in [5, 5.41) is 2.85. The van der Waals surface area contributed by atoms with Gasteiger partial charge < -0.3 is 15.0 Å². The van der Waals surface area contributed by atoms with Crippen molar-refractivity contribution in [1.82, 2.24) is 5.32 Å². The van der Waals surface area contributed by atoms with Gasteiger partial charge in [0.2, 0.25) is 5.91 Å². The van der Waals surface area contributed by atoms with Crippen molar-refractivity contribution in [2.75, 3.05) is 18.0 Å². The summed E-state index contributed by atoms with van der Waals surface area (Å²) in [4.78, 5) is 14.2. The summed E-state index contributed by atoms with van der Waals surface area (Å²) < 4.78 is 28.5. The number of rotatable bonds is 6. The van der Waals surface area contributed by atoms with Crippen LogP contribution >= 0.6 is 0 Å². The van der Waals surface area contributed by atoms with Crippen LogP contribution in [-0.2, 0) is 17.8 Å². The van der Waals surface area contributed by atoms with Crippen molar-refractivity contribution in [2.45, 2.75) is 19.6 Å². The van der Waals surface area contributed by atoms with Crippen LogP contribution in [0.3, 0.4) is 0 Å². The summed E-state index contributed by atoms with van der Waals surface area (Å²) in [7, 11) is 0. The van der Waals surface area contributed by atoms with Gasteiger partial charge in [-0.15, -0.1) is 0 Å². The quantitative estimate of drug-likeness (QED) is 0.884. The van der Waals surface area contributed by atoms with E-state index >= 15 is 0 Å². The molecule has 24 heavy (non-hydrogen) atoms. The number of nitrogens with zero attached hydrogens (tertiary/aromatic N) is 1. The van der Waals surface area contributed by atoms with Crippen LogP contribution in [0.25, 0.3) is 0 Å². The Morgan fingerprint density at radius 3 is 2.67 bits per heavy atom. The molecule has 126 valence electrons. The first-order valence-corrected chi connectivity index (χ1v) is 7.75. The smallest absolute Gasteiger partial charge is 0.387 e. The first-order chi connectivity index (χ1) is 11.6. The molecule has 0 unspecified atom stereocenters. The Balaban J connectivity index is 1.49. The second kappa shape index (κ2) is 7.29. The number of carbonyl (C=O) groups excluding carboxylic acids is 1. The number of para-hydroxylation sites is 1. The van der Waals surface area contributed by atoms with Crippen LogP contribution < -0.4 is 15.0 Å². The fourth-order valence-corrected chi connectivity index (χ4v) is 2.79. The maximum Gasteiger partial charge on any atom is 0.387 e. The Morgan fingerprint density at radius 2 is 1.92 bits per heavy atom. The Labute approximate surface area is 139 Å². The number of carbonyl (C=O) groups is 1. The van der Waals surface area contributed by atoms with Crippen LogP contribution in [0, 0.1) is 0 Å². The molecule has 0 radical (unpaired) electrons. The van der Waals surface area contributed by atoms with Crippen LogP contribution in [0.15, 0.2) is 48.5 Å². The van der Waals surface area contributed by atoms with Crippen molar-refractivity contribution in [3.63, 3.8) is 0 Å². The lowest BCUT2D eigenvalue weighted by Crippen LogP contribution is -2.36. The molecule has 4 nitrogen and oxygen atoms in total. The highest BCUT2D eigenvalue weighted by Gasteiger charge is 2.20. The van der Waals surface area contributed by atoms with Gasteiger partial charge in [0.15, 0.2) is 0 Å². The Bertz CT molecular complexity index is 704. The SMILES string of the molecule is O=C(CN1CCc2ccccc21)NCc1ccc(OC(F)F)cc1. The van der Waals surface area contributed by atoms with Gasteiger partial charge in [0.05, 0.1) is 6.54 Å². The molecule has 3 rings (SSSR count). The number of nitrogens with one attached hydrogen (secondary N) is 1. The number of halogens is 2. The van der Waals surface area contributed by atoms with Crippen molar-refractivity contribution >= 4 is 11.6 Å². The van der Waals surface area contributed by atoms with Gasteiger partial charge in [0.1, 0.15) is 5.75 Å². The number of hydrogen-bond acceptors (Lipinski definition) is 3. The van der Waals surface area contributed by atoms with Crippen molar-refractivity contribution in [3.8, 4) is 5.75 Å². The zero-order chi connectivity index (χ0) is 16.9. The van der Waals surface area contributed by atoms with E-state index in [9.17, 15) is 13.6 Å². The minimum absolute atomic E-state index is 0.0698. The standard InChI is InChI=1S/C18H18F2N2O2/c19-18(20)24-15-7-5-13(6-8-15)11-21-17(23)12-22-10-9-14-3-1-2-4-16(14)22/h1-8,18H,9-12H2,(H,21,23). The van der Waals surface area contributed by atoms with Gasteiger partial charge in [0.25, 0.3) is 0 Å². The Kier molecular flexibility index (Phi) is 4.93. The van der Waals surface area contributed by atoms with Crippen molar-refractivity contribution in [3.05, 3.63) is 59.7 Å². The second-order valence-electron chi connectivity index (χ2n) is 5.60. The molecule has 0 spiro atoms. The fourth-order valence-electron chi connectivity index (χ4n) is 2.79. The van der Waals surface area contributed by atoms with E-state index in [4.69, 9.17) is 0 Å². The fraction of sp³-hybridized carbons (Fsp3) is 0.278. The number of ether oxygens (including phenoxy) is 1. The normalized spacial score (nSPS) is 13.0. The number of anilines is 1. The molecule has 1 heterocycles. The van der Waals surface area contributed by atoms with Crippen LogP contribution in [0.2, 0.25) is 0 Å². The van der Waals surface area contributed by atoms with Gasteiger partial charge in [-0.2, -0.15) is 8.78 Å². The van der Waals surface area contributed by atoms with Crippen molar-refractivity contribution in [1.29, 1.82) is 0 Å². The highest BCUT2D eigenvalue weighted by molar-refractivity contribution is 5.82. The van der Waals surface area contributed by atoms with E-state index in [1.165, 1.54) is 17.7 Å². The molecule has 1 amide bonds. The van der Waals surface area contributed by atoms with E-state index < -0.39 is 6.61 Å². The van der Waals surface area contributed by atoms with Gasteiger partial charge in [-0.1, -0.05) is 30.3 Å². The largest absolute Gasteiger partial charge is 0.435 e. The number of alkyl halides is 2. The summed E-state index contributed by atoms with van der Waals surface area (Å²) in [6, 6.07) is 14.3. The zero-order valence-corrected chi connectivity index (χ0v) is 13.0. The molecule has 1 aliphatic heterocycles. The highest BCUT2D eigenvalue weighted by Crippen LogP contribution is 2.26. The lowest BCUT2D eigenvalue weighted by atomic mass is 10.2. The van der Waals surface area contributed by atoms with E-state index in [-0.39, 0.29) is 11.7 Å². The molecule has 0 atom stereocenters. The van der Waals surface area contributed by atoms with Crippen LogP contribution in [0.4, 0.5) is 14.5 Å². The van der Waals surface area contributed by atoms with Crippen LogP contribution in [0.1, 0.15) is 11.1 Å². The molecule has 6 heteroatoms. The third kappa shape index (κ3) is 4.01. The Morgan fingerprint density at radius 1 is 1.17 bits per heavy atom. The maximum absolute atomic E-state index is 12.1. The molecule has 0 fully saturated rings. The van der Waals surface area contributed by atoms with E-state index in [2.05, 4.69) is 21.0 Å². The maximum atomic E-state index is 12.1. The zero-order valence-electron chi connectivity index (χ0n) is 13.0. The molecule has 0 aliphatic carbocycles. The highest BCUT2D eigenvalue weighted by atomic mass is 19.3. The first kappa shape index (κ1) is 16.2. The van der Waals surface area contributed by atoms with Gasteiger partial charge in [-0.05, 0) is 35.7 Å². The summed E-state index contributed by atoms with van der Waals surface area (Å²) in [5.41, 5.74) is 3.20. The summed E-state index contributed by atoms with van der Waals surface area (Å²) in [6.07, 6.45) is 0.953. The second-order valence-corrected chi connectivity index (χ2v) is 5.60. The molecule has 0 bridgehead atoms. The number of fused-ring (bicyclic) bond motifs is 1. The van der Waals surface area contributed by atoms with Gasteiger partial charge in [0, 0.05) is 18.8 Å². The summed E-state index contributed by atoms with van der Waals surface area (Å²) >= 11 is 0. The lowest BCUT2D eigenvalue weighted by Gasteiger charge is -2.18. The minimum Gasteiger partial charge on any atom is -0.435 e. The molecule has 0 saturated carbocycles. The molecular formula is C18H18F2N2O2. The molecule has 0 saturated heterocycles. The Hall–Kier alpha value is -2.63. The minimum atomic E-state index is -2.83. The third-order valence-electron chi connectivity index (χ3n) is 3.96. The predicted octanol–water partition coefficient (Wildman–Crippen LogP) is 2.97. The number of amides is 1. The van der Waals surface area contributed by atoms with Crippen molar-refractivity contribution in [2.24, 2.45) is 0 Å². The van der Waals surface area contributed by atoms with E-state index in [0.29, 0.717) is 13.1 Å². The molecular weight excluding hydrogens is 314 g/mol. The molecule has 0 aromatic heterocycles. The third-order valence-corrected chi connectivity index (χ3v) is 3.96. The topological polar surface area (TPSA) is 41.6 Å². The summed E-state index contributed by atoms with van der Waals surface area (Å²) in [5.74, 6) is 0.0355. The first-order valence-electron chi connectivity index (χ1n) is 7.75. The number of hydrogen-bond donors (Lipinski definition) is 1. The molecule has 1 aliphatic rings. The van der Waals surface area contributed by atoms with Crippen LogP contribution in [-0.4, -0.2) is 25.6 Å². The number of benzene rings is 2. The average molecular weight is 332 g/mol. The van der Waals surface area contributed by atoms with Crippen molar-refractivity contribution < 1.29 is 18.3 Å². The lowest BCUT2D eigenvalue weighted by molar-refractivity contribution is -0.119. The average Bonchev–Trinajstić information content (AvgIpc) is 2.97. The van der Waals surface area contributed by atoms with Gasteiger partial charge in [-0.25, -0.2) is 0 Å². The van der Waals surface area contributed by atoms with E-state index in [0.717, 1.165) is 24.2 Å². The summed E-state index contributed by atoms with van der Waals surface area (Å²) in [6.45, 7) is -1.34. The van der Waals surface area contributed by atoms with Crippen LogP contribution in [0.5, 0.6) is 5.75 Å². The monoisotopic (exact) mass is 332 g/mol. The molecule has 2 aromatic rings. The van der Waals surface area contributed by atoms with E-state index in [1.807, 2.05) is 18.2 Å². The molecule has 2 aromatic carbocycles. The van der Waals surface area contributed by atoms with Gasteiger partial charge >= 0.3 is 6.61 Å². The van der Waals surface area contributed by atoms with Gasteiger partial charge in [-0.3, -0.25) is 4.79 Å². The molecule has 1 N–H and O–H groups in total. The predicted molar refractivity (Wildman–Crippen MR) is 87.3 cm³/mol.